The van der Waals surface area contributed by atoms with Crippen LogP contribution in [-0.2, 0) is 16.0 Å². The van der Waals surface area contributed by atoms with E-state index < -0.39 is 0 Å². The highest BCUT2D eigenvalue weighted by atomic mass is 32.1. The highest BCUT2D eigenvalue weighted by molar-refractivity contribution is 7.15. The summed E-state index contributed by atoms with van der Waals surface area (Å²) in [5, 5.41) is 12.4. The summed E-state index contributed by atoms with van der Waals surface area (Å²) in [4.78, 5) is 26.7. The fourth-order valence-corrected chi connectivity index (χ4v) is 4.60. The fourth-order valence-electron chi connectivity index (χ4n) is 3.75. The van der Waals surface area contributed by atoms with E-state index in [1.54, 1.807) is 0 Å². The second-order valence-electron chi connectivity index (χ2n) is 7.65. The Morgan fingerprint density at radius 3 is 2.75 bits per heavy atom. The van der Waals surface area contributed by atoms with E-state index in [9.17, 15) is 9.59 Å². The van der Waals surface area contributed by atoms with Crippen molar-refractivity contribution in [3.63, 3.8) is 0 Å². The van der Waals surface area contributed by atoms with Crippen molar-refractivity contribution in [1.29, 1.82) is 0 Å². The molecule has 0 bridgehead atoms. The van der Waals surface area contributed by atoms with Crippen LogP contribution < -0.4 is 15.0 Å². The molecule has 0 saturated carbocycles. The molecule has 0 spiro atoms. The van der Waals surface area contributed by atoms with Crippen LogP contribution in [0.25, 0.3) is 0 Å². The van der Waals surface area contributed by atoms with E-state index in [0.717, 1.165) is 28.4 Å². The van der Waals surface area contributed by atoms with Gasteiger partial charge in [-0.2, -0.15) is 0 Å². The van der Waals surface area contributed by atoms with Crippen molar-refractivity contribution in [3.05, 3.63) is 65.2 Å². The Hall–Kier alpha value is -3.26. The first-order valence-electron chi connectivity index (χ1n) is 10.8. The number of nitrogens with one attached hydrogen (secondary N) is 1. The van der Waals surface area contributed by atoms with Crippen molar-refractivity contribution >= 4 is 34.0 Å². The summed E-state index contributed by atoms with van der Waals surface area (Å²) in [6.45, 7) is 3.14. The number of hydrogen-bond acceptors (Lipinski definition) is 6. The molecule has 2 aromatic carbocycles. The average molecular weight is 451 g/mol. The Kier molecular flexibility index (Phi) is 7.11. The maximum Gasteiger partial charge on any atom is 0.227 e. The lowest BCUT2D eigenvalue weighted by Crippen LogP contribution is -2.25. The van der Waals surface area contributed by atoms with Gasteiger partial charge >= 0.3 is 0 Å². The van der Waals surface area contributed by atoms with Crippen LogP contribution in [0.2, 0.25) is 0 Å². The van der Waals surface area contributed by atoms with Gasteiger partial charge < -0.3 is 15.0 Å². The molecule has 7 nitrogen and oxygen atoms in total. The van der Waals surface area contributed by atoms with Crippen LogP contribution in [0.3, 0.4) is 0 Å². The number of aromatic nitrogens is 2. The molecule has 2 heterocycles. The Morgan fingerprint density at radius 2 is 1.94 bits per heavy atom. The van der Waals surface area contributed by atoms with E-state index >= 15 is 0 Å². The van der Waals surface area contributed by atoms with Crippen LogP contribution in [0.1, 0.15) is 42.7 Å². The van der Waals surface area contributed by atoms with Gasteiger partial charge in [0.25, 0.3) is 0 Å². The van der Waals surface area contributed by atoms with Gasteiger partial charge in [-0.15, -0.1) is 10.2 Å². The van der Waals surface area contributed by atoms with Crippen molar-refractivity contribution in [2.24, 2.45) is 0 Å². The minimum absolute atomic E-state index is 0.0187. The molecule has 32 heavy (non-hydrogen) atoms. The molecular weight excluding hydrogens is 424 g/mol. The Balaban J connectivity index is 1.28. The van der Waals surface area contributed by atoms with Gasteiger partial charge in [0, 0.05) is 31.0 Å². The maximum absolute atomic E-state index is 12.7. The molecule has 1 atom stereocenters. The van der Waals surface area contributed by atoms with Gasteiger partial charge in [0.05, 0.1) is 6.61 Å². The third kappa shape index (κ3) is 5.31. The summed E-state index contributed by atoms with van der Waals surface area (Å²) in [6.07, 6.45) is 2.22. The zero-order chi connectivity index (χ0) is 22.3. The summed E-state index contributed by atoms with van der Waals surface area (Å²) in [5.41, 5.74) is 2.13. The number of carbonyl (C=O) groups excluding carboxylic acids is 2. The van der Waals surface area contributed by atoms with Gasteiger partial charge in [0.15, 0.2) is 0 Å². The molecule has 1 saturated heterocycles. The summed E-state index contributed by atoms with van der Waals surface area (Å²) in [7, 11) is 0. The van der Waals surface area contributed by atoms with Gasteiger partial charge in [-0.1, -0.05) is 54.7 Å². The minimum Gasteiger partial charge on any atom is -0.494 e. The second-order valence-corrected chi connectivity index (χ2v) is 8.66. The molecule has 0 aliphatic carbocycles. The van der Waals surface area contributed by atoms with Crippen LogP contribution in [-0.4, -0.2) is 35.2 Å². The molecule has 0 radical (unpaired) electrons. The second kappa shape index (κ2) is 10.4. The molecular formula is C24H26N4O3S. The van der Waals surface area contributed by atoms with Crippen LogP contribution >= 0.6 is 11.3 Å². The summed E-state index contributed by atoms with van der Waals surface area (Å²) < 4.78 is 5.61. The van der Waals surface area contributed by atoms with Crippen molar-refractivity contribution in [2.75, 3.05) is 23.4 Å². The number of ether oxygens (including phenoxy) is 1. The number of para-hydroxylation sites is 2. The van der Waals surface area contributed by atoms with Gasteiger partial charge in [-0.3, -0.25) is 9.59 Å². The monoisotopic (exact) mass is 450 g/mol. The van der Waals surface area contributed by atoms with Gasteiger partial charge in [-0.25, -0.2) is 0 Å². The lowest BCUT2D eigenvalue weighted by molar-refractivity contribution is -0.117. The van der Waals surface area contributed by atoms with E-state index in [2.05, 4.69) is 28.5 Å². The van der Waals surface area contributed by atoms with Crippen molar-refractivity contribution in [2.45, 2.75) is 38.5 Å². The molecule has 166 valence electrons. The van der Waals surface area contributed by atoms with Crippen molar-refractivity contribution in [1.82, 2.24) is 10.2 Å². The largest absolute Gasteiger partial charge is 0.494 e. The summed E-state index contributed by atoms with van der Waals surface area (Å²) in [5.74, 6) is 0.749. The first-order valence-corrected chi connectivity index (χ1v) is 11.6. The lowest BCUT2D eigenvalue weighted by Gasteiger charge is -2.19. The zero-order valence-corrected chi connectivity index (χ0v) is 18.8. The van der Waals surface area contributed by atoms with E-state index in [4.69, 9.17) is 4.74 Å². The van der Waals surface area contributed by atoms with Gasteiger partial charge in [0.2, 0.25) is 16.9 Å². The van der Waals surface area contributed by atoms with E-state index in [0.29, 0.717) is 37.5 Å². The summed E-state index contributed by atoms with van der Waals surface area (Å²) in [6, 6.07) is 17.5. The molecule has 8 heteroatoms. The quantitative estimate of drug-likeness (QED) is 0.488. The van der Waals surface area contributed by atoms with E-state index in [-0.39, 0.29) is 17.7 Å². The number of hydrogen-bond donors (Lipinski definition) is 1. The molecule has 2 amide bonds. The molecule has 1 unspecified atom stereocenters. The number of amides is 2. The Bertz CT molecular complexity index is 1070. The highest BCUT2D eigenvalue weighted by Crippen LogP contribution is 2.35. The molecule has 1 aliphatic heterocycles. The lowest BCUT2D eigenvalue weighted by atomic mass is 10.1. The minimum atomic E-state index is -0.120. The number of benzene rings is 2. The van der Waals surface area contributed by atoms with Crippen LogP contribution in [0.15, 0.2) is 54.6 Å². The maximum atomic E-state index is 12.7. The molecule has 3 aromatic rings. The van der Waals surface area contributed by atoms with Crippen LogP contribution in [0.5, 0.6) is 5.75 Å². The topological polar surface area (TPSA) is 84.4 Å². The molecule has 1 aliphatic rings. The third-order valence-electron chi connectivity index (χ3n) is 5.38. The first kappa shape index (κ1) is 22.0. The normalized spacial score (nSPS) is 15.7. The number of aryl methyl sites for hydroxylation is 1. The number of carbonyl (C=O) groups is 2. The van der Waals surface area contributed by atoms with Crippen LogP contribution in [0, 0.1) is 0 Å². The Morgan fingerprint density at radius 1 is 1.16 bits per heavy atom. The predicted octanol–water partition coefficient (Wildman–Crippen LogP) is 4.42. The summed E-state index contributed by atoms with van der Waals surface area (Å²) >= 11 is 1.34. The standard InChI is InChI=1S/C24H26N4O3S/c1-2-17-9-6-7-12-20(17)28-16-18(15-22(28)30)23-26-27-24(32-23)25-21(29)13-8-14-31-19-10-4-3-5-11-19/h3-7,9-12,18H,2,8,13-16H2,1H3,(H,25,27,29). The number of anilines is 2. The third-order valence-corrected chi connectivity index (χ3v) is 6.39. The highest BCUT2D eigenvalue weighted by Gasteiger charge is 2.34. The van der Waals surface area contributed by atoms with Crippen molar-refractivity contribution < 1.29 is 14.3 Å². The van der Waals surface area contributed by atoms with E-state index in [1.165, 1.54) is 11.3 Å². The molecule has 1 fully saturated rings. The van der Waals surface area contributed by atoms with Crippen molar-refractivity contribution in [3.8, 4) is 5.75 Å². The Labute approximate surface area is 191 Å². The molecule has 1 N–H and O–H groups in total. The predicted molar refractivity (Wildman–Crippen MR) is 125 cm³/mol. The fraction of sp³-hybridized carbons (Fsp3) is 0.333. The van der Waals surface area contributed by atoms with E-state index in [1.807, 2.05) is 53.4 Å². The molecule has 4 rings (SSSR count). The molecule has 1 aromatic heterocycles. The number of rotatable bonds is 9. The SMILES string of the molecule is CCc1ccccc1N1CC(c2nnc(NC(=O)CCCOc3ccccc3)s2)CC1=O. The zero-order valence-electron chi connectivity index (χ0n) is 18.0. The average Bonchev–Trinajstić information content (AvgIpc) is 3.44. The van der Waals surface area contributed by atoms with Gasteiger partial charge in [0.1, 0.15) is 10.8 Å². The van der Waals surface area contributed by atoms with Crippen LogP contribution in [0.4, 0.5) is 10.8 Å². The smallest absolute Gasteiger partial charge is 0.227 e. The first-order chi connectivity index (χ1) is 15.6. The number of nitrogens with zero attached hydrogens (tertiary/aromatic N) is 3. The van der Waals surface area contributed by atoms with Gasteiger partial charge in [-0.05, 0) is 36.6 Å².